The number of pyridine rings is 1. The number of carbonyl (C=O) groups excluding carboxylic acids is 1. The second-order valence-electron chi connectivity index (χ2n) is 6.44. The molecule has 0 radical (unpaired) electrons. The van der Waals surface area contributed by atoms with E-state index in [9.17, 15) is 4.79 Å². The van der Waals surface area contributed by atoms with Crippen LogP contribution in [0, 0.1) is 5.92 Å². The Morgan fingerprint density at radius 1 is 1.04 bits per heavy atom. The van der Waals surface area contributed by atoms with E-state index in [1.807, 2.05) is 19.9 Å². The van der Waals surface area contributed by atoms with Gasteiger partial charge in [0.05, 0.1) is 11.9 Å². The van der Waals surface area contributed by atoms with Crippen LogP contribution in [0.25, 0.3) is 0 Å². The molecule has 2 heterocycles. The number of nitrogens with zero attached hydrogens (tertiary/aromatic N) is 2. The monoisotopic (exact) mass is 324 g/mol. The summed E-state index contributed by atoms with van der Waals surface area (Å²) >= 11 is 0. The van der Waals surface area contributed by atoms with Crippen LogP contribution in [0.2, 0.25) is 0 Å². The molecule has 1 saturated heterocycles. The first kappa shape index (κ1) is 16.3. The molecule has 5 heteroatoms. The van der Waals surface area contributed by atoms with Crippen molar-refractivity contribution in [1.82, 2.24) is 4.98 Å². The van der Waals surface area contributed by atoms with E-state index >= 15 is 0 Å². The molecule has 1 aromatic carbocycles. The normalized spacial score (nSPS) is 14.0. The van der Waals surface area contributed by atoms with Crippen LogP contribution in [0.15, 0.2) is 42.6 Å². The average Bonchev–Trinajstić information content (AvgIpc) is 3.12. The number of anilines is 4. The van der Waals surface area contributed by atoms with Crippen LogP contribution in [-0.4, -0.2) is 24.0 Å². The lowest BCUT2D eigenvalue weighted by Gasteiger charge is -2.18. The van der Waals surface area contributed by atoms with Crippen LogP contribution in [0.5, 0.6) is 0 Å². The topological polar surface area (TPSA) is 57.3 Å². The van der Waals surface area contributed by atoms with Crippen molar-refractivity contribution in [3.05, 3.63) is 42.6 Å². The summed E-state index contributed by atoms with van der Waals surface area (Å²) in [7, 11) is 0. The fourth-order valence-electron chi connectivity index (χ4n) is 2.71. The van der Waals surface area contributed by atoms with Gasteiger partial charge in [-0.2, -0.15) is 0 Å². The fourth-order valence-corrected chi connectivity index (χ4v) is 2.71. The first-order valence-electron chi connectivity index (χ1n) is 8.51. The standard InChI is InChI=1S/C19H24N4O/c1-14(2)19(24)22-18-10-7-16(13-20-18)21-15-5-8-17(9-6-15)23-11-3-4-12-23/h5-10,13-14,21H,3-4,11-12H2,1-2H3,(H,20,22,24). The van der Waals surface area contributed by atoms with Gasteiger partial charge in [-0.3, -0.25) is 4.79 Å². The van der Waals surface area contributed by atoms with Crippen molar-refractivity contribution < 1.29 is 4.79 Å². The van der Waals surface area contributed by atoms with Gasteiger partial charge in [0, 0.05) is 30.4 Å². The van der Waals surface area contributed by atoms with Crippen molar-refractivity contribution in [3.8, 4) is 0 Å². The smallest absolute Gasteiger partial charge is 0.228 e. The fraction of sp³-hybridized carbons (Fsp3) is 0.368. The first-order valence-corrected chi connectivity index (χ1v) is 8.51. The molecule has 0 unspecified atom stereocenters. The van der Waals surface area contributed by atoms with Gasteiger partial charge < -0.3 is 15.5 Å². The van der Waals surface area contributed by atoms with Crippen molar-refractivity contribution in [3.63, 3.8) is 0 Å². The molecule has 5 nitrogen and oxygen atoms in total. The number of amides is 1. The van der Waals surface area contributed by atoms with E-state index in [0.29, 0.717) is 5.82 Å². The summed E-state index contributed by atoms with van der Waals surface area (Å²) < 4.78 is 0. The number of aromatic nitrogens is 1. The number of benzene rings is 1. The third kappa shape index (κ3) is 4.04. The van der Waals surface area contributed by atoms with Crippen molar-refractivity contribution >= 4 is 28.8 Å². The summed E-state index contributed by atoms with van der Waals surface area (Å²) in [6, 6.07) is 12.2. The molecule has 1 aliphatic heterocycles. The molecule has 1 fully saturated rings. The van der Waals surface area contributed by atoms with Gasteiger partial charge in [0.2, 0.25) is 5.91 Å². The van der Waals surface area contributed by atoms with Crippen LogP contribution < -0.4 is 15.5 Å². The zero-order chi connectivity index (χ0) is 16.9. The maximum Gasteiger partial charge on any atom is 0.228 e. The number of carbonyl (C=O) groups is 1. The molecular formula is C19H24N4O. The Balaban J connectivity index is 1.60. The predicted octanol–water partition coefficient (Wildman–Crippen LogP) is 4.02. The second kappa shape index (κ2) is 7.34. The largest absolute Gasteiger partial charge is 0.372 e. The van der Waals surface area contributed by atoms with Crippen LogP contribution in [-0.2, 0) is 4.79 Å². The zero-order valence-electron chi connectivity index (χ0n) is 14.2. The molecule has 1 aliphatic rings. The van der Waals surface area contributed by atoms with Crippen molar-refractivity contribution in [2.45, 2.75) is 26.7 Å². The summed E-state index contributed by atoms with van der Waals surface area (Å²) in [6.07, 6.45) is 4.29. The SMILES string of the molecule is CC(C)C(=O)Nc1ccc(Nc2ccc(N3CCCC3)cc2)cn1. The summed E-state index contributed by atoms with van der Waals surface area (Å²) in [6.45, 7) is 6.02. The van der Waals surface area contributed by atoms with E-state index in [-0.39, 0.29) is 11.8 Å². The molecule has 3 rings (SSSR count). The van der Waals surface area contributed by atoms with Gasteiger partial charge in [-0.1, -0.05) is 13.8 Å². The molecule has 1 amide bonds. The molecule has 0 aliphatic carbocycles. The van der Waals surface area contributed by atoms with Crippen molar-refractivity contribution in [1.29, 1.82) is 0 Å². The molecular weight excluding hydrogens is 300 g/mol. The van der Waals surface area contributed by atoms with Crippen molar-refractivity contribution in [2.75, 3.05) is 28.6 Å². The summed E-state index contributed by atoms with van der Waals surface area (Å²) in [4.78, 5) is 18.3. The number of rotatable bonds is 5. The molecule has 0 atom stereocenters. The van der Waals surface area contributed by atoms with Gasteiger partial charge >= 0.3 is 0 Å². The Hall–Kier alpha value is -2.56. The van der Waals surface area contributed by atoms with Crippen LogP contribution in [0.3, 0.4) is 0 Å². The molecule has 126 valence electrons. The van der Waals surface area contributed by atoms with E-state index in [2.05, 4.69) is 44.8 Å². The molecule has 1 aromatic heterocycles. The number of nitrogens with one attached hydrogen (secondary N) is 2. The van der Waals surface area contributed by atoms with Crippen LogP contribution in [0.1, 0.15) is 26.7 Å². The zero-order valence-corrected chi connectivity index (χ0v) is 14.2. The van der Waals surface area contributed by atoms with Gasteiger partial charge in [-0.15, -0.1) is 0 Å². The molecule has 0 bridgehead atoms. The van der Waals surface area contributed by atoms with Gasteiger partial charge in [-0.05, 0) is 49.2 Å². The maximum atomic E-state index is 11.7. The average molecular weight is 324 g/mol. The van der Waals surface area contributed by atoms with Gasteiger partial charge in [0.1, 0.15) is 5.82 Å². The van der Waals surface area contributed by atoms with Crippen LogP contribution >= 0.6 is 0 Å². The molecule has 2 aromatic rings. The lowest BCUT2D eigenvalue weighted by molar-refractivity contribution is -0.118. The van der Waals surface area contributed by atoms with E-state index < -0.39 is 0 Å². The van der Waals surface area contributed by atoms with E-state index in [1.54, 1.807) is 12.3 Å². The minimum Gasteiger partial charge on any atom is -0.372 e. The number of hydrogen-bond acceptors (Lipinski definition) is 4. The van der Waals surface area contributed by atoms with E-state index in [0.717, 1.165) is 24.5 Å². The quantitative estimate of drug-likeness (QED) is 0.872. The van der Waals surface area contributed by atoms with Crippen LogP contribution in [0.4, 0.5) is 22.9 Å². The van der Waals surface area contributed by atoms with Gasteiger partial charge in [0.15, 0.2) is 0 Å². The third-order valence-corrected chi connectivity index (χ3v) is 4.17. The lowest BCUT2D eigenvalue weighted by atomic mass is 10.2. The molecule has 0 saturated carbocycles. The maximum absolute atomic E-state index is 11.7. The minimum atomic E-state index is -0.0567. The third-order valence-electron chi connectivity index (χ3n) is 4.17. The number of hydrogen-bond donors (Lipinski definition) is 2. The Bertz CT molecular complexity index is 674. The summed E-state index contributed by atoms with van der Waals surface area (Å²) in [5, 5.41) is 6.12. The van der Waals surface area contributed by atoms with E-state index in [1.165, 1.54) is 18.5 Å². The Morgan fingerprint density at radius 3 is 2.29 bits per heavy atom. The molecule has 0 spiro atoms. The Labute approximate surface area is 143 Å². The highest BCUT2D eigenvalue weighted by Gasteiger charge is 2.12. The van der Waals surface area contributed by atoms with Crippen molar-refractivity contribution in [2.24, 2.45) is 5.92 Å². The highest BCUT2D eigenvalue weighted by atomic mass is 16.1. The highest BCUT2D eigenvalue weighted by Crippen LogP contribution is 2.24. The van der Waals surface area contributed by atoms with Gasteiger partial charge in [-0.25, -0.2) is 4.98 Å². The highest BCUT2D eigenvalue weighted by molar-refractivity contribution is 5.91. The first-order chi connectivity index (χ1) is 11.6. The molecule has 2 N–H and O–H groups in total. The Kier molecular flexibility index (Phi) is 4.99. The van der Waals surface area contributed by atoms with E-state index in [4.69, 9.17) is 0 Å². The Morgan fingerprint density at radius 2 is 1.71 bits per heavy atom. The van der Waals surface area contributed by atoms with Gasteiger partial charge in [0.25, 0.3) is 0 Å². The minimum absolute atomic E-state index is 0.0271. The second-order valence-corrected chi connectivity index (χ2v) is 6.44. The predicted molar refractivity (Wildman–Crippen MR) is 98.9 cm³/mol. The summed E-state index contributed by atoms with van der Waals surface area (Å²) in [5.74, 6) is 0.489. The molecule has 24 heavy (non-hydrogen) atoms. The lowest BCUT2D eigenvalue weighted by Crippen LogP contribution is -2.18. The summed E-state index contributed by atoms with van der Waals surface area (Å²) in [5.41, 5.74) is 3.20.